The predicted molar refractivity (Wildman–Crippen MR) is 102 cm³/mol. The molecule has 1 aliphatic rings. The molecular formula is C19H24FN5O3. The van der Waals surface area contributed by atoms with Crippen molar-refractivity contribution in [1.29, 1.82) is 0 Å². The van der Waals surface area contributed by atoms with Crippen molar-refractivity contribution >= 4 is 5.91 Å². The summed E-state index contributed by atoms with van der Waals surface area (Å²) in [5.74, 6) is -1.29. The molecule has 8 nitrogen and oxygen atoms in total. The van der Waals surface area contributed by atoms with Crippen LogP contribution in [0.25, 0.3) is 0 Å². The quantitative estimate of drug-likeness (QED) is 0.790. The van der Waals surface area contributed by atoms with Gasteiger partial charge >= 0.3 is 0 Å². The van der Waals surface area contributed by atoms with Crippen molar-refractivity contribution in [2.24, 2.45) is 7.05 Å². The molecule has 1 unspecified atom stereocenters. The molecule has 2 heterocycles. The van der Waals surface area contributed by atoms with Gasteiger partial charge in [0.2, 0.25) is 5.75 Å². The lowest BCUT2D eigenvalue weighted by atomic mass is 10.1. The van der Waals surface area contributed by atoms with Gasteiger partial charge in [-0.2, -0.15) is 0 Å². The molecule has 1 amide bonds. The van der Waals surface area contributed by atoms with Gasteiger partial charge in [0, 0.05) is 33.2 Å². The summed E-state index contributed by atoms with van der Waals surface area (Å²) in [6.07, 6.45) is 0. The minimum Gasteiger partial charge on any atom is -0.501 e. The lowest BCUT2D eigenvalue weighted by Crippen LogP contribution is -2.47. The second-order valence-electron chi connectivity index (χ2n) is 7.10. The Labute approximate surface area is 162 Å². The van der Waals surface area contributed by atoms with Crippen LogP contribution in [0.15, 0.2) is 29.1 Å². The smallest absolute Gasteiger partial charge is 0.296 e. The molecule has 1 saturated heterocycles. The van der Waals surface area contributed by atoms with Crippen LogP contribution in [0, 0.1) is 5.82 Å². The van der Waals surface area contributed by atoms with E-state index in [2.05, 4.69) is 20.1 Å². The van der Waals surface area contributed by atoms with E-state index in [4.69, 9.17) is 0 Å². The Balaban J connectivity index is 1.88. The molecule has 1 aromatic carbocycles. The number of rotatable bonds is 4. The molecule has 0 aliphatic carbocycles. The first-order valence-electron chi connectivity index (χ1n) is 8.99. The van der Waals surface area contributed by atoms with Gasteiger partial charge in [-0.25, -0.2) is 9.37 Å². The largest absolute Gasteiger partial charge is 0.501 e. The minimum atomic E-state index is -0.685. The van der Waals surface area contributed by atoms with E-state index < -0.39 is 17.2 Å². The highest BCUT2D eigenvalue weighted by molar-refractivity contribution is 5.94. The fourth-order valence-corrected chi connectivity index (χ4v) is 3.22. The fourth-order valence-electron chi connectivity index (χ4n) is 3.22. The molecular weight excluding hydrogens is 365 g/mol. The number of carbonyl (C=O) groups is 1. The van der Waals surface area contributed by atoms with Gasteiger partial charge in [0.25, 0.3) is 11.5 Å². The van der Waals surface area contributed by atoms with Crippen LogP contribution < -0.4 is 10.9 Å². The van der Waals surface area contributed by atoms with Crippen LogP contribution in [0.4, 0.5) is 4.39 Å². The van der Waals surface area contributed by atoms with Gasteiger partial charge in [-0.15, -0.1) is 0 Å². The number of benzene rings is 1. The lowest BCUT2D eigenvalue weighted by Gasteiger charge is -2.37. The molecule has 150 valence electrons. The predicted octanol–water partition coefficient (Wildman–Crippen LogP) is 0.473. The van der Waals surface area contributed by atoms with Crippen molar-refractivity contribution in [3.63, 3.8) is 0 Å². The van der Waals surface area contributed by atoms with Crippen LogP contribution in [-0.4, -0.2) is 64.1 Å². The average molecular weight is 389 g/mol. The minimum absolute atomic E-state index is 0.122. The van der Waals surface area contributed by atoms with E-state index >= 15 is 0 Å². The SMILES string of the molecule is CN1CCN(C)C(c2nc(C(=O)NCc3ccc(F)cc3)c(O)c(=O)n2C)C1. The third-order valence-corrected chi connectivity index (χ3v) is 5.03. The zero-order chi connectivity index (χ0) is 20.4. The first-order valence-corrected chi connectivity index (χ1v) is 8.99. The fraction of sp³-hybridized carbons (Fsp3) is 0.421. The first-order chi connectivity index (χ1) is 13.3. The molecule has 1 atom stereocenters. The van der Waals surface area contributed by atoms with Gasteiger partial charge in [-0.1, -0.05) is 12.1 Å². The molecule has 0 spiro atoms. The Kier molecular flexibility index (Phi) is 5.76. The van der Waals surface area contributed by atoms with Crippen molar-refractivity contribution in [1.82, 2.24) is 24.7 Å². The maximum absolute atomic E-state index is 13.0. The summed E-state index contributed by atoms with van der Waals surface area (Å²) >= 11 is 0. The molecule has 1 aliphatic heterocycles. The van der Waals surface area contributed by atoms with Crippen LogP contribution in [0.5, 0.6) is 5.75 Å². The van der Waals surface area contributed by atoms with Gasteiger partial charge in [0.05, 0.1) is 6.04 Å². The number of aromatic hydroxyl groups is 1. The Hall–Kier alpha value is -2.78. The summed E-state index contributed by atoms with van der Waals surface area (Å²) in [5, 5.41) is 12.8. The van der Waals surface area contributed by atoms with Crippen molar-refractivity contribution < 1.29 is 14.3 Å². The second-order valence-corrected chi connectivity index (χ2v) is 7.10. The molecule has 0 saturated carbocycles. The standard InChI is InChI=1S/C19H24FN5O3/c1-23-8-9-24(2)14(11-23)17-22-15(16(26)19(28)25(17)3)18(27)21-10-12-4-6-13(20)7-5-12/h4-7,14,26H,8-11H2,1-3H3,(H,21,27). The lowest BCUT2D eigenvalue weighted by molar-refractivity contribution is 0.0932. The number of hydrogen-bond acceptors (Lipinski definition) is 6. The topological polar surface area (TPSA) is 90.7 Å². The number of aromatic nitrogens is 2. The van der Waals surface area contributed by atoms with Crippen LogP contribution >= 0.6 is 0 Å². The normalized spacial score (nSPS) is 18.2. The van der Waals surface area contributed by atoms with Gasteiger partial charge in [0.1, 0.15) is 11.6 Å². The molecule has 28 heavy (non-hydrogen) atoms. The zero-order valence-electron chi connectivity index (χ0n) is 16.1. The number of nitrogens with zero attached hydrogens (tertiary/aromatic N) is 4. The van der Waals surface area contributed by atoms with Gasteiger partial charge < -0.3 is 15.3 Å². The van der Waals surface area contributed by atoms with E-state index in [0.717, 1.165) is 13.1 Å². The van der Waals surface area contributed by atoms with Crippen LogP contribution in [-0.2, 0) is 13.6 Å². The maximum atomic E-state index is 13.0. The molecule has 3 rings (SSSR count). The second kappa shape index (κ2) is 8.07. The van der Waals surface area contributed by atoms with Gasteiger partial charge in [-0.05, 0) is 31.8 Å². The van der Waals surface area contributed by atoms with E-state index in [-0.39, 0.29) is 24.1 Å². The summed E-state index contributed by atoms with van der Waals surface area (Å²) in [6, 6.07) is 5.50. The highest BCUT2D eigenvalue weighted by Gasteiger charge is 2.30. The van der Waals surface area contributed by atoms with Crippen molar-refractivity contribution in [2.45, 2.75) is 12.6 Å². The number of likely N-dealkylation sites (N-methyl/N-ethyl adjacent to an activating group) is 2. The Morgan fingerprint density at radius 1 is 1.25 bits per heavy atom. The Morgan fingerprint density at radius 2 is 1.93 bits per heavy atom. The highest BCUT2D eigenvalue weighted by Crippen LogP contribution is 2.22. The van der Waals surface area contributed by atoms with E-state index in [1.165, 1.54) is 23.7 Å². The summed E-state index contributed by atoms with van der Waals surface area (Å²) < 4.78 is 14.3. The van der Waals surface area contributed by atoms with Crippen molar-refractivity contribution in [2.75, 3.05) is 33.7 Å². The first kappa shape index (κ1) is 20.0. The molecule has 2 N–H and O–H groups in total. The summed E-state index contributed by atoms with van der Waals surface area (Å²) in [5.41, 5.74) is -0.285. The molecule has 1 aromatic heterocycles. The molecule has 2 aromatic rings. The van der Waals surface area contributed by atoms with E-state index in [1.807, 2.05) is 14.1 Å². The number of amides is 1. The van der Waals surface area contributed by atoms with Gasteiger partial charge in [0.15, 0.2) is 5.69 Å². The van der Waals surface area contributed by atoms with Crippen LogP contribution in [0.3, 0.4) is 0 Å². The third kappa shape index (κ3) is 4.05. The summed E-state index contributed by atoms with van der Waals surface area (Å²) in [6.45, 7) is 2.46. The monoisotopic (exact) mass is 389 g/mol. The van der Waals surface area contributed by atoms with E-state index in [0.29, 0.717) is 17.9 Å². The highest BCUT2D eigenvalue weighted by atomic mass is 19.1. The Morgan fingerprint density at radius 3 is 2.61 bits per heavy atom. The number of halogens is 1. The van der Waals surface area contributed by atoms with E-state index in [9.17, 15) is 19.1 Å². The van der Waals surface area contributed by atoms with E-state index in [1.54, 1.807) is 12.1 Å². The zero-order valence-corrected chi connectivity index (χ0v) is 16.1. The van der Waals surface area contributed by atoms with Crippen LogP contribution in [0.1, 0.15) is 27.9 Å². The third-order valence-electron chi connectivity index (χ3n) is 5.03. The number of nitrogens with one attached hydrogen (secondary N) is 1. The molecule has 0 bridgehead atoms. The number of piperazine rings is 1. The van der Waals surface area contributed by atoms with Crippen molar-refractivity contribution in [3.8, 4) is 5.75 Å². The Bertz CT molecular complexity index is 928. The number of carbonyl (C=O) groups excluding carboxylic acids is 1. The number of hydrogen-bond donors (Lipinski definition) is 2. The molecule has 0 radical (unpaired) electrons. The molecule has 1 fully saturated rings. The maximum Gasteiger partial charge on any atom is 0.296 e. The van der Waals surface area contributed by atoms with Crippen molar-refractivity contribution in [3.05, 3.63) is 57.5 Å². The average Bonchev–Trinajstić information content (AvgIpc) is 2.68. The van der Waals surface area contributed by atoms with Gasteiger partial charge in [-0.3, -0.25) is 19.1 Å². The molecule has 9 heteroatoms. The van der Waals surface area contributed by atoms with Crippen LogP contribution in [0.2, 0.25) is 0 Å². The summed E-state index contributed by atoms with van der Waals surface area (Å²) in [7, 11) is 5.45. The summed E-state index contributed by atoms with van der Waals surface area (Å²) in [4.78, 5) is 33.6.